The predicted octanol–water partition coefficient (Wildman–Crippen LogP) is 6.36. The summed E-state index contributed by atoms with van der Waals surface area (Å²) in [5.74, 6) is 1.12. The molecule has 4 saturated heterocycles. The summed E-state index contributed by atoms with van der Waals surface area (Å²) in [4.78, 5) is 0. The van der Waals surface area contributed by atoms with Crippen LogP contribution in [0.5, 0.6) is 46.0 Å². The maximum absolute atomic E-state index is 11.5. The molecule has 12 nitrogen and oxygen atoms in total. The third kappa shape index (κ3) is 5.61. The van der Waals surface area contributed by atoms with Crippen LogP contribution in [0.15, 0.2) is 60.7 Å². The molecule has 52 heavy (non-hydrogen) atoms. The van der Waals surface area contributed by atoms with Crippen LogP contribution in [0.1, 0.15) is 46.7 Å². The molecule has 4 heterocycles. The number of phenolic OH excluding ortho intramolecular Hbond substituents is 4. The molecule has 0 saturated carbocycles. The van der Waals surface area contributed by atoms with Crippen molar-refractivity contribution in [1.29, 1.82) is 0 Å². The molecule has 8 atom stereocenters. The monoisotopic (exact) mass is 714 g/mol. The van der Waals surface area contributed by atoms with Crippen molar-refractivity contribution in [2.45, 2.75) is 24.4 Å². The van der Waals surface area contributed by atoms with Gasteiger partial charge in [0.25, 0.3) is 0 Å². The molecule has 4 aromatic rings. The van der Waals surface area contributed by atoms with E-state index in [-0.39, 0.29) is 82.6 Å². The molecule has 4 aliphatic heterocycles. The molecule has 0 radical (unpaired) electrons. The standard InChI is InChI=1S/C40H42O12/c1-45-31-11-19(5-7-29(31)41)37-25-15-51-39(27(25)17-49-37)21-9-23(35(43)33(13-21)47-3)24-10-22(14-34(48-4)36(24)44)40-28-18-50-38(26(28)16-52-40)20-6-8-30(42)32(12-20)46-2/h5-14,25-28,37-44H,15-18H2,1-4H3. The Morgan fingerprint density at radius 1 is 0.423 bits per heavy atom. The number of benzene rings is 4. The first-order valence-corrected chi connectivity index (χ1v) is 17.3. The zero-order valence-electron chi connectivity index (χ0n) is 29.3. The van der Waals surface area contributed by atoms with Gasteiger partial charge in [0.1, 0.15) is 0 Å². The first-order valence-electron chi connectivity index (χ1n) is 17.3. The van der Waals surface area contributed by atoms with Crippen LogP contribution < -0.4 is 18.9 Å². The Hall–Kier alpha value is -4.88. The Balaban J connectivity index is 1.11. The molecule has 0 aliphatic carbocycles. The van der Waals surface area contributed by atoms with Gasteiger partial charge in [-0.1, -0.05) is 12.1 Å². The van der Waals surface area contributed by atoms with Crippen LogP contribution in [-0.2, 0) is 18.9 Å². The highest BCUT2D eigenvalue weighted by Gasteiger charge is 2.50. The van der Waals surface area contributed by atoms with Gasteiger partial charge in [0.15, 0.2) is 46.0 Å². The van der Waals surface area contributed by atoms with Gasteiger partial charge in [-0.3, -0.25) is 0 Å². The van der Waals surface area contributed by atoms with Gasteiger partial charge >= 0.3 is 0 Å². The molecular weight excluding hydrogens is 672 g/mol. The van der Waals surface area contributed by atoms with E-state index in [2.05, 4.69) is 0 Å². The number of hydrogen-bond donors (Lipinski definition) is 4. The quantitative estimate of drug-likeness (QED) is 0.153. The van der Waals surface area contributed by atoms with E-state index in [9.17, 15) is 20.4 Å². The molecule has 0 aromatic heterocycles. The Labute approximate surface area is 301 Å². The van der Waals surface area contributed by atoms with E-state index < -0.39 is 0 Å². The average Bonchev–Trinajstić information content (AvgIpc) is 3.96. The van der Waals surface area contributed by atoms with Crippen LogP contribution in [0.3, 0.4) is 0 Å². The van der Waals surface area contributed by atoms with E-state index in [1.54, 1.807) is 36.4 Å². The van der Waals surface area contributed by atoms with Crippen molar-refractivity contribution in [2.75, 3.05) is 54.9 Å². The third-order valence-electron chi connectivity index (χ3n) is 11.2. The van der Waals surface area contributed by atoms with Crippen molar-refractivity contribution < 1.29 is 58.3 Å². The van der Waals surface area contributed by atoms with Crippen LogP contribution in [0, 0.1) is 23.7 Å². The van der Waals surface area contributed by atoms with Crippen LogP contribution >= 0.6 is 0 Å². The molecular formula is C40H42O12. The summed E-state index contributed by atoms with van der Waals surface area (Å²) in [5, 5.41) is 43.3. The lowest BCUT2D eigenvalue weighted by atomic mass is 9.83. The van der Waals surface area contributed by atoms with Crippen LogP contribution in [-0.4, -0.2) is 75.3 Å². The maximum atomic E-state index is 11.5. The van der Waals surface area contributed by atoms with Gasteiger partial charge in [0.2, 0.25) is 0 Å². The lowest BCUT2D eigenvalue weighted by Crippen LogP contribution is -2.15. The molecule has 4 fully saturated rings. The lowest BCUT2D eigenvalue weighted by molar-refractivity contribution is 0.0189. The van der Waals surface area contributed by atoms with Crippen LogP contribution in [0.4, 0.5) is 0 Å². The van der Waals surface area contributed by atoms with Gasteiger partial charge in [-0.2, -0.15) is 0 Å². The number of fused-ring (bicyclic) bond motifs is 2. The predicted molar refractivity (Wildman–Crippen MR) is 186 cm³/mol. The summed E-state index contributed by atoms with van der Waals surface area (Å²) < 4.78 is 47.4. The van der Waals surface area contributed by atoms with Gasteiger partial charge in [0.05, 0.1) is 79.3 Å². The summed E-state index contributed by atoms with van der Waals surface area (Å²) in [6.07, 6.45) is -1.25. The highest BCUT2D eigenvalue weighted by molar-refractivity contribution is 5.81. The van der Waals surface area contributed by atoms with E-state index in [1.807, 2.05) is 24.3 Å². The van der Waals surface area contributed by atoms with Gasteiger partial charge in [-0.15, -0.1) is 0 Å². The van der Waals surface area contributed by atoms with Crippen molar-refractivity contribution >= 4 is 0 Å². The number of rotatable bonds is 9. The number of ether oxygens (including phenoxy) is 8. The molecule has 274 valence electrons. The third-order valence-corrected chi connectivity index (χ3v) is 11.2. The minimum Gasteiger partial charge on any atom is -0.504 e. The molecule has 4 N–H and O–H groups in total. The zero-order valence-corrected chi connectivity index (χ0v) is 29.3. The smallest absolute Gasteiger partial charge is 0.165 e. The van der Waals surface area contributed by atoms with E-state index in [0.29, 0.717) is 49.1 Å². The molecule has 0 bridgehead atoms. The fourth-order valence-corrected chi connectivity index (χ4v) is 8.52. The van der Waals surface area contributed by atoms with E-state index in [4.69, 9.17) is 37.9 Å². The molecule has 4 aliphatic rings. The van der Waals surface area contributed by atoms with Gasteiger partial charge in [-0.25, -0.2) is 0 Å². The molecule has 0 amide bonds. The Morgan fingerprint density at radius 2 is 0.731 bits per heavy atom. The Kier molecular flexibility index (Phi) is 8.94. The SMILES string of the molecule is COc1cc(C2OCC3C(c4cc(OC)c(O)c(-c5cc(C6OCC7C(c8ccc(O)c(OC)c8)OCC67)cc(OC)c5O)c4)OCC23)ccc1O. The van der Waals surface area contributed by atoms with Crippen molar-refractivity contribution in [3.63, 3.8) is 0 Å². The molecule has 0 spiro atoms. The number of phenols is 4. The minimum atomic E-state index is -0.375. The van der Waals surface area contributed by atoms with E-state index in [0.717, 1.165) is 22.3 Å². The zero-order chi connectivity index (χ0) is 36.3. The number of methoxy groups -OCH3 is 4. The number of hydrogen-bond acceptors (Lipinski definition) is 12. The highest BCUT2D eigenvalue weighted by Crippen LogP contribution is 2.56. The Morgan fingerprint density at radius 3 is 1.06 bits per heavy atom. The second kappa shape index (κ2) is 13.6. The van der Waals surface area contributed by atoms with Gasteiger partial charge in [-0.05, 0) is 70.8 Å². The lowest BCUT2D eigenvalue weighted by Gasteiger charge is -2.22. The molecule has 8 unspecified atom stereocenters. The fourth-order valence-electron chi connectivity index (χ4n) is 8.52. The summed E-state index contributed by atoms with van der Waals surface area (Å²) >= 11 is 0. The van der Waals surface area contributed by atoms with Crippen molar-refractivity contribution in [3.8, 4) is 57.1 Å². The van der Waals surface area contributed by atoms with E-state index >= 15 is 0 Å². The Bertz CT molecular complexity index is 1840. The topological polar surface area (TPSA) is 155 Å². The van der Waals surface area contributed by atoms with Crippen molar-refractivity contribution in [1.82, 2.24) is 0 Å². The first-order chi connectivity index (χ1) is 25.2. The minimum absolute atomic E-state index is 0.00551. The molecule has 4 aromatic carbocycles. The van der Waals surface area contributed by atoms with Crippen molar-refractivity contribution in [2.24, 2.45) is 23.7 Å². The second-order valence-corrected chi connectivity index (χ2v) is 13.8. The van der Waals surface area contributed by atoms with Crippen LogP contribution in [0.25, 0.3) is 11.1 Å². The van der Waals surface area contributed by atoms with Crippen molar-refractivity contribution in [3.05, 3.63) is 82.9 Å². The summed E-state index contributed by atoms with van der Waals surface area (Å²) in [6.45, 7) is 1.77. The highest BCUT2D eigenvalue weighted by atomic mass is 16.5. The second-order valence-electron chi connectivity index (χ2n) is 13.8. The van der Waals surface area contributed by atoms with Gasteiger partial charge in [0, 0.05) is 34.8 Å². The van der Waals surface area contributed by atoms with E-state index in [1.165, 1.54) is 28.4 Å². The summed E-state index contributed by atoms with van der Waals surface area (Å²) in [6, 6.07) is 17.6. The molecule has 8 rings (SSSR count). The fraction of sp³-hybridized carbons (Fsp3) is 0.400. The van der Waals surface area contributed by atoms with Gasteiger partial charge < -0.3 is 58.3 Å². The van der Waals surface area contributed by atoms with Crippen LogP contribution in [0.2, 0.25) is 0 Å². The average molecular weight is 715 g/mol. The summed E-state index contributed by atoms with van der Waals surface area (Å²) in [7, 11) is 5.99. The number of aromatic hydroxyl groups is 4. The largest absolute Gasteiger partial charge is 0.504 e. The first kappa shape index (κ1) is 34.2. The normalized spacial score (nSPS) is 27.7. The molecule has 12 heteroatoms. The maximum Gasteiger partial charge on any atom is 0.165 e. The summed E-state index contributed by atoms with van der Waals surface area (Å²) in [5.41, 5.74) is 4.02.